The Labute approximate surface area is 179 Å². The summed E-state index contributed by atoms with van der Waals surface area (Å²) in [7, 11) is 0. The lowest BCUT2D eigenvalue weighted by atomic mass is 10.0. The quantitative estimate of drug-likeness (QED) is 0.345. The van der Waals surface area contributed by atoms with Crippen molar-refractivity contribution in [2.75, 3.05) is 10.5 Å². The van der Waals surface area contributed by atoms with E-state index in [9.17, 15) is 4.39 Å². The number of rotatable bonds is 4. The van der Waals surface area contributed by atoms with Crippen LogP contribution < -0.4 is 10.5 Å². The highest BCUT2D eigenvalue weighted by Crippen LogP contribution is 2.35. The molecule has 0 bridgehead atoms. The number of benzene rings is 3. The summed E-state index contributed by atoms with van der Waals surface area (Å²) in [4.78, 5) is 8.74. The van der Waals surface area contributed by atoms with Crippen LogP contribution in [0.2, 0.25) is 10.0 Å². The second-order valence-corrected chi connectivity index (χ2v) is 7.76. The number of hydrogen-bond acceptors (Lipinski definition) is 5. The number of nitrogen functional groups attached to an aromatic ring is 1. The highest BCUT2D eigenvalue weighted by Gasteiger charge is 2.16. The summed E-state index contributed by atoms with van der Waals surface area (Å²) in [5.41, 5.74) is 6.51. The highest BCUT2D eigenvalue weighted by molar-refractivity contribution is 8.00. The fourth-order valence-corrected chi connectivity index (χ4v) is 3.81. The van der Waals surface area contributed by atoms with Crippen LogP contribution in [0.1, 0.15) is 0 Å². The Morgan fingerprint density at radius 2 is 1.79 bits per heavy atom. The Morgan fingerprint density at radius 1 is 0.966 bits per heavy atom. The van der Waals surface area contributed by atoms with Crippen LogP contribution in [-0.4, -0.2) is 9.97 Å². The molecule has 0 aliphatic heterocycles. The van der Waals surface area contributed by atoms with Gasteiger partial charge in [-0.2, -0.15) is 0 Å². The molecule has 1 heterocycles. The van der Waals surface area contributed by atoms with Crippen molar-refractivity contribution in [3.05, 3.63) is 76.4 Å². The second kappa shape index (κ2) is 8.02. The van der Waals surface area contributed by atoms with E-state index in [1.807, 2.05) is 0 Å². The Hall–Kier alpha value is -2.61. The van der Waals surface area contributed by atoms with Gasteiger partial charge in [0.25, 0.3) is 0 Å². The fraction of sp³-hybridized carbons (Fsp3) is 0. The number of halogens is 4. The summed E-state index contributed by atoms with van der Waals surface area (Å²) in [6, 6.07) is 12.4. The van der Waals surface area contributed by atoms with Crippen molar-refractivity contribution < 1.29 is 8.78 Å². The maximum Gasteiger partial charge on any atom is 0.220 e. The van der Waals surface area contributed by atoms with Crippen molar-refractivity contribution in [2.24, 2.45) is 0 Å². The third-order valence-electron chi connectivity index (χ3n) is 4.15. The van der Waals surface area contributed by atoms with Crippen molar-refractivity contribution in [2.45, 2.75) is 4.90 Å². The molecule has 1 aromatic heterocycles. The van der Waals surface area contributed by atoms with Crippen LogP contribution in [-0.2, 0) is 0 Å². The Kier molecular flexibility index (Phi) is 5.45. The first-order chi connectivity index (χ1) is 13.9. The molecule has 0 aliphatic carbocycles. The van der Waals surface area contributed by atoms with Crippen molar-refractivity contribution >= 4 is 57.7 Å². The van der Waals surface area contributed by atoms with Crippen molar-refractivity contribution in [3.63, 3.8) is 0 Å². The lowest BCUT2D eigenvalue weighted by Gasteiger charge is -2.12. The third-order valence-corrected chi connectivity index (χ3v) is 5.70. The van der Waals surface area contributed by atoms with Crippen LogP contribution >= 0.6 is 35.1 Å². The topological polar surface area (TPSA) is 63.8 Å². The molecule has 9 heteroatoms. The number of anilines is 2. The first kappa shape index (κ1) is 19.7. The number of fused-ring (bicyclic) bond motifs is 1. The van der Waals surface area contributed by atoms with Crippen LogP contribution in [0.3, 0.4) is 0 Å². The molecule has 4 aromatic rings. The predicted octanol–water partition coefficient (Wildman–Crippen LogP) is 6.58. The van der Waals surface area contributed by atoms with Gasteiger partial charge in [0, 0.05) is 16.5 Å². The summed E-state index contributed by atoms with van der Waals surface area (Å²) in [6.45, 7) is 0. The molecule has 4 rings (SSSR count). The predicted molar refractivity (Wildman–Crippen MR) is 115 cm³/mol. The molecule has 0 spiro atoms. The number of aromatic nitrogens is 2. The molecule has 0 saturated carbocycles. The van der Waals surface area contributed by atoms with Gasteiger partial charge < -0.3 is 10.5 Å². The Bertz CT molecular complexity index is 1240. The zero-order valence-electron chi connectivity index (χ0n) is 14.6. The molecule has 29 heavy (non-hydrogen) atoms. The van der Waals surface area contributed by atoms with Crippen molar-refractivity contribution in [1.82, 2.24) is 9.97 Å². The zero-order valence-corrected chi connectivity index (χ0v) is 16.9. The highest BCUT2D eigenvalue weighted by atomic mass is 35.5. The molecule has 0 amide bonds. The van der Waals surface area contributed by atoms with E-state index in [2.05, 4.69) is 14.7 Å². The summed E-state index contributed by atoms with van der Waals surface area (Å²) in [5, 5.41) is 1.44. The molecule has 3 aromatic carbocycles. The van der Waals surface area contributed by atoms with E-state index in [4.69, 9.17) is 28.9 Å². The lowest BCUT2D eigenvalue weighted by molar-refractivity contribution is 0.592. The van der Waals surface area contributed by atoms with E-state index in [0.29, 0.717) is 26.5 Å². The second-order valence-electron chi connectivity index (χ2n) is 6.07. The molecule has 0 fully saturated rings. The van der Waals surface area contributed by atoms with Gasteiger partial charge in [0.15, 0.2) is 5.82 Å². The van der Waals surface area contributed by atoms with E-state index in [1.165, 1.54) is 18.3 Å². The van der Waals surface area contributed by atoms with E-state index in [0.717, 1.165) is 16.8 Å². The normalized spacial score (nSPS) is 11.0. The summed E-state index contributed by atoms with van der Waals surface area (Å²) >= 11 is 13.0. The van der Waals surface area contributed by atoms with Gasteiger partial charge in [-0.15, -0.1) is 0 Å². The van der Waals surface area contributed by atoms with Gasteiger partial charge in [0.1, 0.15) is 5.82 Å². The fourth-order valence-electron chi connectivity index (χ4n) is 2.75. The first-order valence-electron chi connectivity index (χ1n) is 8.31. The SMILES string of the molecule is Nc1ncc2cc(-c3c(F)ccc(NSc4ccc(Cl)c(Cl)c4)c3F)ccc2n1. The van der Waals surface area contributed by atoms with Crippen LogP contribution in [0.4, 0.5) is 20.4 Å². The van der Waals surface area contributed by atoms with E-state index >= 15 is 4.39 Å². The van der Waals surface area contributed by atoms with Gasteiger partial charge >= 0.3 is 0 Å². The van der Waals surface area contributed by atoms with Gasteiger partial charge in [0.2, 0.25) is 5.95 Å². The third kappa shape index (κ3) is 4.07. The number of hydrogen-bond donors (Lipinski definition) is 2. The van der Waals surface area contributed by atoms with Gasteiger partial charge in [-0.05, 0) is 60.0 Å². The standard InChI is InChI=1S/C20H12Cl2F2N4S/c21-13-3-2-12(8-14(13)22)29-28-17-6-4-15(23)18(19(17)24)10-1-5-16-11(7-10)9-26-20(25)27-16/h1-9,28H,(H2,25,26,27). The Balaban J connectivity index is 1.68. The molecular weight excluding hydrogens is 437 g/mol. The molecule has 3 N–H and O–H groups in total. The first-order valence-corrected chi connectivity index (χ1v) is 9.88. The van der Waals surface area contributed by atoms with Crippen LogP contribution in [0.25, 0.3) is 22.0 Å². The van der Waals surface area contributed by atoms with Gasteiger partial charge in [-0.3, -0.25) is 0 Å². The zero-order chi connectivity index (χ0) is 20.5. The molecule has 0 aliphatic rings. The average Bonchev–Trinajstić information content (AvgIpc) is 2.70. The minimum absolute atomic E-state index is 0.131. The molecule has 0 unspecified atom stereocenters. The van der Waals surface area contributed by atoms with Crippen molar-refractivity contribution in [1.29, 1.82) is 0 Å². The van der Waals surface area contributed by atoms with Crippen LogP contribution in [0.15, 0.2) is 59.6 Å². The average molecular weight is 449 g/mol. The largest absolute Gasteiger partial charge is 0.368 e. The van der Waals surface area contributed by atoms with Crippen molar-refractivity contribution in [3.8, 4) is 11.1 Å². The van der Waals surface area contributed by atoms with Gasteiger partial charge in [-0.25, -0.2) is 18.7 Å². The van der Waals surface area contributed by atoms with Gasteiger partial charge in [-0.1, -0.05) is 29.3 Å². The summed E-state index contributed by atoms with van der Waals surface area (Å²) in [6.07, 6.45) is 1.51. The molecule has 4 nitrogen and oxygen atoms in total. The lowest BCUT2D eigenvalue weighted by Crippen LogP contribution is -1.98. The minimum Gasteiger partial charge on any atom is -0.368 e. The smallest absolute Gasteiger partial charge is 0.220 e. The molecular formula is C20H12Cl2F2N4S. The maximum absolute atomic E-state index is 15.1. The van der Waals surface area contributed by atoms with Gasteiger partial charge in [0.05, 0.1) is 26.8 Å². The summed E-state index contributed by atoms with van der Waals surface area (Å²) in [5.74, 6) is -1.26. The molecule has 0 radical (unpaired) electrons. The van der Waals surface area contributed by atoms with Crippen LogP contribution in [0, 0.1) is 11.6 Å². The van der Waals surface area contributed by atoms with E-state index < -0.39 is 11.6 Å². The monoisotopic (exact) mass is 448 g/mol. The number of nitrogens with one attached hydrogen (secondary N) is 1. The number of nitrogens with zero attached hydrogens (tertiary/aromatic N) is 2. The molecule has 0 saturated heterocycles. The molecule has 0 atom stereocenters. The van der Waals surface area contributed by atoms with Crippen LogP contribution in [0.5, 0.6) is 0 Å². The summed E-state index contributed by atoms with van der Waals surface area (Å²) < 4.78 is 32.5. The minimum atomic E-state index is -0.715. The number of nitrogens with two attached hydrogens (primary N) is 1. The van der Waals surface area contributed by atoms with E-state index in [-0.39, 0.29) is 17.2 Å². The molecule has 146 valence electrons. The maximum atomic E-state index is 15.1. The Morgan fingerprint density at radius 3 is 2.59 bits per heavy atom. The van der Waals surface area contributed by atoms with E-state index in [1.54, 1.807) is 36.4 Å².